The molecule has 7 heteroatoms. The Bertz CT molecular complexity index is 1180. The van der Waals surface area contributed by atoms with Crippen molar-refractivity contribution in [3.8, 4) is 6.07 Å². The Morgan fingerprint density at radius 2 is 2.10 bits per heavy atom. The maximum absolute atomic E-state index is 12.3. The van der Waals surface area contributed by atoms with E-state index in [0.29, 0.717) is 30.1 Å². The number of fused-ring (bicyclic) bond motifs is 1. The number of H-pyrrole nitrogens is 1. The van der Waals surface area contributed by atoms with Gasteiger partial charge in [0.25, 0.3) is 5.56 Å². The average molecular weight is 391 g/mol. The summed E-state index contributed by atoms with van der Waals surface area (Å²) in [6.45, 7) is 4.77. The first-order valence-electron chi connectivity index (χ1n) is 9.96. The van der Waals surface area contributed by atoms with Crippen molar-refractivity contribution in [1.29, 1.82) is 5.26 Å². The van der Waals surface area contributed by atoms with E-state index in [0.717, 1.165) is 36.8 Å². The summed E-state index contributed by atoms with van der Waals surface area (Å²) in [7, 11) is 1.68. The number of aryl methyl sites for hydroxylation is 2. The van der Waals surface area contributed by atoms with Gasteiger partial charge in [0.05, 0.1) is 11.6 Å². The standard InChI is InChI=1S/C22H25N5O2/c1-15-13-25(2)22(29)27(21(15)28)8-7-26-6-5-17(14-26)9-18-12-24-20-4-3-16(11-23)10-19(18)20/h3-4,10,12-13,17,24H,5-9,14H2,1-2H3. The molecule has 2 aromatic heterocycles. The van der Waals surface area contributed by atoms with E-state index in [9.17, 15) is 9.59 Å². The van der Waals surface area contributed by atoms with E-state index >= 15 is 0 Å². The van der Waals surface area contributed by atoms with Gasteiger partial charge in [0.2, 0.25) is 0 Å². The lowest BCUT2D eigenvalue weighted by Crippen LogP contribution is -2.42. The Morgan fingerprint density at radius 1 is 1.28 bits per heavy atom. The lowest BCUT2D eigenvalue weighted by molar-refractivity contribution is 0.304. The zero-order valence-corrected chi connectivity index (χ0v) is 16.8. The van der Waals surface area contributed by atoms with Gasteiger partial charge in [-0.25, -0.2) is 4.79 Å². The minimum absolute atomic E-state index is 0.198. The van der Waals surface area contributed by atoms with Crippen molar-refractivity contribution in [2.45, 2.75) is 26.3 Å². The smallest absolute Gasteiger partial charge is 0.330 e. The molecule has 4 rings (SSSR count). The van der Waals surface area contributed by atoms with Crippen LogP contribution in [0, 0.1) is 24.2 Å². The molecule has 3 aromatic rings. The van der Waals surface area contributed by atoms with Crippen LogP contribution in [0.15, 0.2) is 40.2 Å². The molecular formula is C22H25N5O2. The number of aromatic amines is 1. The molecule has 1 N–H and O–H groups in total. The molecule has 0 spiro atoms. The number of hydrogen-bond donors (Lipinski definition) is 1. The number of likely N-dealkylation sites (tertiary alicyclic amines) is 1. The Morgan fingerprint density at radius 3 is 2.90 bits per heavy atom. The van der Waals surface area contributed by atoms with Gasteiger partial charge < -0.3 is 14.5 Å². The van der Waals surface area contributed by atoms with Crippen LogP contribution < -0.4 is 11.2 Å². The number of benzene rings is 1. The van der Waals surface area contributed by atoms with Gasteiger partial charge >= 0.3 is 5.69 Å². The predicted molar refractivity (Wildman–Crippen MR) is 112 cm³/mol. The molecule has 1 aliphatic rings. The summed E-state index contributed by atoms with van der Waals surface area (Å²) in [4.78, 5) is 30.2. The fourth-order valence-electron chi connectivity index (χ4n) is 4.34. The monoisotopic (exact) mass is 391 g/mol. The molecule has 3 heterocycles. The number of hydrogen-bond acceptors (Lipinski definition) is 4. The molecule has 0 aliphatic carbocycles. The minimum Gasteiger partial charge on any atom is -0.361 e. The van der Waals surface area contributed by atoms with Crippen molar-refractivity contribution in [1.82, 2.24) is 19.0 Å². The first-order valence-corrected chi connectivity index (χ1v) is 9.96. The summed E-state index contributed by atoms with van der Waals surface area (Å²) < 4.78 is 2.81. The highest BCUT2D eigenvalue weighted by atomic mass is 16.2. The fraction of sp³-hybridized carbons (Fsp3) is 0.409. The van der Waals surface area contributed by atoms with Crippen LogP contribution in [0.1, 0.15) is 23.1 Å². The van der Waals surface area contributed by atoms with Gasteiger partial charge in [0, 0.05) is 55.5 Å². The van der Waals surface area contributed by atoms with E-state index in [2.05, 4.69) is 16.0 Å². The highest BCUT2D eigenvalue weighted by Gasteiger charge is 2.23. The van der Waals surface area contributed by atoms with Gasteiger partial charge in [-0.3, -0.25) is 9.36 Å². The Balaban J connectivity index is 1.41. The molecule has 1 saturated heterocycles. The van der Waals surface area contributed by atoms with Crippen LogP contribution in [0.25, 0.3) is 10.9 Å². The normalized spacial score (nSPS) is 17.1. The topological polar surface area (TPSA) is 86.8 Å². The molecule has 1 fully saturated rings. The van der Waals surface area contributed by atoms with Gasteiger partial charge in [0.15, 0.2) is 0 Å². The molecule has 0 amide bonds. The third-order valence-corrected chi connectivity index (χ3v) is 5.92. The fourth-order valence-corrected chi connectivity index (χ4v) is 4.34. The number of nitrogens with zero attached hydrogens (tertiary/aromatic N) is 4. The number of rotatable bonds is 5. The van der Waals surface area contributed by atoms with Gasteiger partial charge in [-0.05, 0) is 56.0 Å². The molecule has 1 atom stereocenters. The van der Waals surface area contributed by atoms with Crippen molar-refractivity contribution in [2.24, 2.45) is 13.0 Å². The summed E-state index contributed by atoms with van der Waals surface area (Å²) in [5.74, 6) is 0.525. The van der Waals surface area contributed by atoms with Crippen molar-refractivity contribution in [3.05, 3.63) is 68.1 Å². The number of nitrogens with one attached hydrogen (secondary N) is 1. The summed E-state index contributed by atoms with van der Waals surface area (Å²) >= 11 is 0. The minimum atomic E-state index is -0.261. The zero-order chi connectivity index (χ0) is 20.5. The van der Waals surface area contributed by atoms with Gasteiger partial charge in [-0.2, -0.15) is 5.26 Å². The molecule has 1 aliphatic heterocycles. The molecule has 0 radical (unpaired) electrons. The Kier molecular flexibility index (Phi) is 5.12. The quantitative estimate of drug-likeness (QED) is 0.718. The van der Waals surface area contributed by atoms with E-state index in [4.69, 9.17) is 5.26 Å². The summed E-state index contributed by atoms with van der Waals surface area (Å²) in [5, 5.41) is 10.3. The van der Waals surface area contributed by atoms with E-state index < -0.39 is 0 Å². The molecule has 29 heavy (non-hydrogen) atoms. The third-order valence-electron chi connectivity index (χ3n) is 5.92. The maximum Gasteiger partial charge on any atom is 0.330 e. The second-order valence-corrected chi connectivity index (χ2v) is 8.01. The van der Waals surface area contributed by atoms with Gasteiger partial charge in [-0.1, -0.05) is 0 Å². The molecule has 7 nitrogen and oxygen atoms in total. The highest BCUT2D eigenvalue weighted by molar-refractivity contribution is 5.84. The second-order valence-electron chi connectivity index (χ2n) is 8.01. The van der Waals surface area contributed by atoms with Crippen LogP contribution in [0.2, 0.25) is 0 Å². The largest absolute Gasteiger partial charge is 0.361 e. The van der Waals surface area contributed by atoms with Crippen LogP contribution in [-0.4, -0.2) is 38.7 Å². The van der Waals surface area contributed by atoms with Crippen LogP contribution in [0.3, 0.4) is 0 Å². The Hall–Kier alpha value is -3.11. The number of nitriles is 1. The molecular weight excluding hydrogens is 366 g/mol. The summed E-state index contributed by atoms with van der Waals surface area (Å²) in [6, 6.07) is 7.95. The summed E-state index contributed by atoms with van der Waals surface area (Å²) in [6.07, 6.45) is 5.68. The van der Waals surface area contributed by atoms with E-state index in [-0.39, 0.29) is 11.2 Å². The van der Waals surface area contributed by atoms with Crippen LogP contribution in [0.4, 0.5) is 0 Å². The van der Waals surface area contributed by atoms with Crippen molar-refractivity contribution in [2.75, 3.05) is 19.6 Å². The van der Waals surface area contributed by atoms with Crippen molar-refractivity contribution < 1.29 is 0 Å². The van der Waals surface area contributed by atoms with Crippen LogP contribution in [0.5, 0.6) is 0 Å². The van der Waals surface area contributed by atoms with E-state index in [1.54, 1.807) is 20.2 Å². The van der Waals surface area contributed by atoms with E-state index in [1.807, 2.05) is 24.4 Å². The molecule has 150 valence electrons. The second kappa shape index (κ2) is 7.72. The molecule has 0 bridgehead atoms. The Labute approximate surface area is 168 Å². The lowest BCUT2D eigenvalue weighted by Gasteiger charge is -2.17. The first kappa shape index (κ1) is 19.2. The lowest BCUT2D eigenvalue weighted by atomic mass is 9.98. The third kappa shape index (κ3) is 3.76. The van der Waals surface area contributed by atoms with E-state index in [1.165, 1.54) is 14.7 Å². The first-order chi connectivity index (χ1) is 14.0. The predicted octanol–water partition coefficient (Wildman–Crippen LogP) is 1.77. The summed E-state index contributed by atoms with van der Waals surface area (Å²) in [5.41, 5.74) is 3.11. The number of aromatic nitrogens is 3. The van der Waals surface area contributed by atoms with Crippen LogP contribution >= 0.6 is 0 Å². The average Bonchev–Trinajstić information content (AvgIpc) is 3.33. The van der Waals surface area contributed by atoms with Crippen molar-refractivity contribution in [3.63, 3.8) is 0 Å². The van der Waals surface area contributed by atoms with Crippen LogP contribution in [-0.2, 0) is 20.0 Å². The SMILES string of the molecule is Cc1cn(C)c(=O)n(CCN2CCC(Cc3c[nH]c4ccc(C#N)cc34)C2)c1=O. The maximum atomic E-state index is 12.3. The van der Waals surface area contributed by atoms with Gasteiger partial charge in [-0.15, -0.1) is 0 Å². The van der Waals surface area contributed by atoms with Gasteiger partial charge in [0.1, 0.15) is 0 Å². The molecule has 0 saturated carbocycles. The molecule has 1 unspecified atom stereocenters. The van der Waals surface area contributed by atoms with Crippen molar-refractivity contribution >= 4 is 10.9 Å². The zero-order valence-electron chi connectivity index (χ0n) is 16.8. The highest BCUT2D eigenvalue weighted by Crippen LogP contribution is 2.26. The molecule has 1 aromatic carbocycles.